The summed E-state index contributed by atoms with van der Waals surface area (Å²) in [7, 11) is 0. The van der Waals surface area contributed by atoms with Crippen molar-refractivity contribution in [3.05, 3.63) is 69.6 Å². The zero-order chi connectivity index (χ0) is 55.9. The molecule has 3 saturated heterocycles. The lowest BCUT2D eigenvalue weighted by Crippen LogP contribution is -2.69. The molecular weight excluding hydrogens is 949 g/mol. The van der Waals surface area contributed by atoms with Crippen LogP contribution in [0.25, 0.3) is 0 Å². The van der Waals surface area contributed by atoms with Gasteiger partial charge in [-0.25, -0.2) is 4.79 Å². The Morgan fingerprint density at radius 2 is 1.18 bits per heavy atom. The van der Waals surface area contributed by atoms with Crippen LogP contribution in [0, 0.1) is 35.5 Å². The molecule has 0 bridgehead atoms. The van der Waals surface area contributed by atoms with Crippen LogP contribution in [0.4, 0.5) is 0 Å². The van der Waals surface area contributed by atoms with Gasteiger partial charge in [0.1, 0.15) is 60.9 Å². The Bertz CT molecular complexity index is 1890. The first-order valence-corrected chi connectivity index (χ1v) is 26.0. The highest BCUT2D eigenvalue weighted by Crippen LogP contribution is 2.34. The maximum atomic E-state index is 12.6. The highest BCUT2D eigenvalue weighted by molar-refractivity contribution is 5.78. The lowest BCUT2D eigenvalue weighted by molar-refractivity contribution is -0.347. The van der Waals surface area contributed by atoms with Gasteiger partial charge >= 0.3 is 5.69 Å². The fourth-order valence-corrected chi connectivity index (χ4v) is 7.46. The molecule has 73 heavy (non-hydrogen) atoms. The molecule has 0 saturated carbocycles. The summed E-state index contributed by atoms with van der Waals surface area (Å²) in [4.78, 5) is 50.2. The highest BCUT2D eigenvalue weighted by Gasteiger charge is 2.53. The summed E-state index contributed by atoms with van der Waals surface area (Å²) in [6.07, 6.45) is -2.70. The molecule has 15 atom stereocenters. The van der Waals surface area contributed by atoms with Crippen LogP contribution in [0.5, 0.6) is 0 Å². The number of aliphatic hydroxyl groups excluding tert-OH is 8. The van der Waals surface area contributed by atoms with E-state index < -0.39 is 134 Å². The second-order valence-corrected chi connectivity index (χ2v) is 21.1. The van der Waals surface area contributed by atoms with Gasteiger partial charge in [-0.15, -0.1) is 0 Å². The van der Waals surface area contributed by atoms with Crippen molar-refractivity contribution in [1.29, 1.82) is 0 Å². The van der Waals surface area contributed by atoms with Crippen LogP contribution in [-0.2, 0) is 28.5 Å². The Morgan fingerprint density at radius 1 is 0.699 bits per heavy atom. The maximum Gasteiger partial charge on any atom is 0.330 e. The molecule has 4 heterocycles. The Kier molecular flexibility index (Phi) is 31.5. The standard InChI is InChI=1S/C27H42N4O16.2C9H18.C8H16/c1-8(2)23(42)30-15-19(39)16(36)11(44-26(15)47-25-14(28-9(3)33)18(38)17(37)12(7-32)45-25)6-10(34)22-20(40)21(41)24(46-22)31-5-4-13(35)29-27(31)43;2*1-8(2)6-5-7-9(3)4;1-4-5-6-7-8(2)3/h4-5,8,10-12,14-22,24-26,32,34,36-41H,6-7H2,1-3H3,(H,28,33)(H,30,42)(H,29,35,43);2*5-6,8-9H,7H2,1-4H3;6-8H,4-5H2,1-3H3/b;2*6-5+;7-6+/t10-,11-,12?,14?,15-,16?,17-,18?,19?,20+,21-,22-,24?,25-,26+;;;/m1.../s1. The van der Waals surface area contributed by atoms with Crippen LogP contribution in [0.2, 0.25) is 0 Å². The van der Waals surface area contributed by atoms with E-state index in [2.05, 4.69) is 123 Å². The van der Waals surface area contributed by atoms with Crippen molar-refractivity contribution < 1.29 is 69.4 Å². The van der Waals surface area contributed by atoms with E-state index in [1.54, 1.807) is 13.8 Å². The zero-order valence-electron chi connectivity index (χ0n) is 45.8. The SMILES string of the molecule is CC(=O)NC1C(O)[C@H](O)C(CO)O[C@@H]1O[C@@H]1O[C@H](C[C@@H](O)[C@H]2OC(n3ccc(=O)[nH]c3=O)[C@H](O)[C@@H]2O)C(O)C(O)[C@H]1NC(=O)C(C)C.CC(C)/C=C/CC(C)C.CC(C)/C=C/CC(C)C.CCC/C=C/C(C)C. The van der Waals surface area contributed by atoms with Crippen LogP contribution in [-0.4, -0.2) is 155 Å². The van der Waals surface area contributed by atoms with Crippen LogP contribution >= 0.6 is 0 Å². The van der Waals surface area contributed by atoms with Gasteiger partial charge in [-0.05, 0) is 48.9 Å². The number of carbonyl (C=O) groups is 2. The molecule has 6 unspecified atom stereocenters. The van der Waals surface area contributed by atoms with Crippen molar-refractivity contribution in [2.75, 3.05) is 6.61 Å². The second kappa shape index (κ2) is 34.1. The Morgan fingerprint density at radius 3 is 1.62 bits per heavy atom. The van der Waals surface area contributed by atoms with E-state index in [1.807, 2.05) is 4.98 Å². The number of nitrogens with one attached hydrogen (secondary N) is 3. The average Bonchev–Trinajstić information content (AvgIpc) is 3.58. The summed E-state index contributed by atoms with van der Waals surface area (Å²) in [6, 6.07) is -1.97. The lowest BCUT2D eigenvalue weighted by Gasteiger charge is -2.47. The number of aromatic amines is 1. The maximum absolute atomic E-state index is 12.6. The lowest BCUT2D eigenvalue weighted by atomic mass is 9.91. The molecule has 3 fully saturated rings. The number of rotatable bonds is 19. The molecule has 1 aromatic rings. The zero-order valence-corrected chi connectivity index (χ0v) is 45.8. The molecule has 2 amide bonds. The smallest absolute Gasteiger partial charge is 0.330 e. The number of ether oxygens (including phenoxy) is 4. The number of hydrogen-bond donors (Lipinski definition) is 11. The molecule has 3 aliphatic rings. The van der Waals surface area contributed by atoms with Gasteiger partial charge in [0.05, 0.1) is 18.8 Å². The molecule has 1 aromatic heterocycles. The average molecular weight is 1040 g/mol. The van der Waals surface area contributed by atoms with Crippen LogP contribution in [0.3, 0.4) is 0 Å². The van der Waals surface area contributed by atoms with E-state index in [4.69, 9.17) is 18.9 Å². The minimum atomic E-state index is -1.83. The number of unbranched alkanes of at least 4 members (excludes halogenated alkanes) is 1. The molecule has 20 nitrogen and oxygen atoms in total. The van der Waals surface area contributed by atoms with Gasteiger partial charge in [0.15, 0.2) is 18.8 Å². The Hall–Kier alpha value is -3.64. The Labute approximate surface area is 432 Å². The minimum absolute atomic E-state index is 0.591. The topological polar surface area (TPSA) is 312 Å². The Balaban J connectivity index is 0.000000832. The van der Waals surface area contributed by atoms with Gasteiger partial charge in [0.25, 0.3) is 5.56 Å². The number of H-pyrrole nitrogens is 1. The van der Waals surface area contributed by atoms with E-state index in [0.717, 1.165) is 41.5 Å². The van der Waals surface area contributed by atoms with Crippen molar-refractivity contribution in [2.24, 2.45) is 35.5 Å². The molecule has 20 heteroatoms. The molecule has 0 radical (unpaired) electrons. The number of aliphatic hydroxyl groups is 8. The minimum Gasteiger partial charge on any atom is -0.394 e. The van der Waals surface area contributed by atoms with E-state index in [0.29, 0.717) is 11.8 Å². The predicted octanol–water partition coefficient (Wildman–Crippen LogP) is 2.94. The summed E-state index contributed by atoms with van der Waals surface area (Å²) in [5.41, 5.74) is -1.69. The van der Waals surface area contributed by atoms with Crippen molar-refractivity contribution in [3.8, 4) is 0 Å². The number of carbonyl (C=O) groups excluding carboxylic acids is 2. The third-order valence-electron chi connectivity index (χ3n) is 11.5. The van der Waals surface area contributed by atoms with Gasteiger partial charge in [-0.3, -0.25) is 23.9 Å². The van der Waals surface area contributed by atoms with E-state index in [9.17, 15) is 60.0 Å². The normalized spacial score (nSPS) is 29.9. The third-order valence-corrected chi connectivity index (χ3v) is 11.5. The van der Waals surface area contributed by atoms with Crippen LogP contribution < -0.4 is 21.9 Å². The van der Waals surface area contributed by atoms with Gasteiger partial charge in [-0.2, -0.15) is 0 Å². The number of aromatic nitrogens is 2. The molecule has 4 rings (SSSR count). The molecular formula is C53H94N4O16. The van der Waals surface area contributed by atoms with Gasteiger partial charge in [-0.1, -0.05) is 133 Å². The molecule has 0 spiro atoms. The number of allylic oxidation sites excluding steroid dienone is 6. The number of amides is 2. The van der Waals surface area contributed by atoms with Crippen molar-refractivity contribution in [2.45, 2.75) is 221 Å². The largest absolute Gasteiger partial charge is 0.394 e. The van der Waals surface area contributed by atoms with Gasteiger partial charge in [0.2, 0.25) is 11.8 Å². The molecule has 422 valence electrons. The highest BCUT2D eigenvalue weighted by atomic mass is 16.8. The van der Waals surface area contributed by atoms with Crippen molar-refractivity contribution >= 4 is 11.8 Å². The fraction of sp³-hybridized carbons (Fsp3) is 0.774. The van der Waals surface area contributed by atoms with Crippen LogP contribution in [0.15, 0.2) is 58.3 Å². The monoisotopic (exact) mass is 1040 g/mol. The molecule has 0 aromatic carbocycles. The summed E-state index contributed by atoms with van der Waals surface area (Å²) in [5.74, 6) is 1.90. The van der Waals surface area contributed by atoms with E-state index >= 15 is 0 Å². The molecule has 3 aliphatic heterocycles. The summed E-state index contributed by atoms with van der Waals surface area (Å²) < 4.78 is 23.7. The quantitative estimate of drug-likeness (QED) is 0.0888. The van der Waals surface area contributed by atoms with E-state index in [-0.39, 0.29) is 0 Å². The van der Waals surface area contributed by atoms with Crippen LogP contribution in [0.1, 0.15) is 135 Å². The van der Waals surface area contributed by atoms with Crippen molar-refractivity contribution in [3.63, 3.8) is 0 Å². The molecule has 11 N–H and O–H groups in total. The third kappa shape index (κ3) is 23.8. The predicted molar refractivity (Wildman–Crippen MR) is 278 cm³/mol. The fourth-order valence-electron chi connectivity index (χ4n) is 7.46. The van der Waals surface area contributed by atoms with Gasteiger partial charge < -0.3 is 70.4 Å². The van der Waals surface area contributed by atoms with E-state index in [1.165, 1.54) is 25.7 Å². The summed E-state index contributed by atoms with van der Waals surface area (Å²) in [5, 5.41) is 89.9. The number of hydrogen-bond acceptors (Lipinski definition) is 16. The van der Waals surface area contributed by atoms with Crippen molar-refractivity contribution in [1.82, 2.24) is 20.2 Å². The first-order valence-electron chi connectivity index (χ1n) is 26.0. The first kappa shape index (κ1) is 67.4. The first-order chi connectivity index (χ1) is 34.1. The second-order valence-electron chi connectivity index (χ2n) is 21.1. The summed E-state index contributed by atoms with van der Waals surface area (Å²) in [6.45, 7) is 27.8. The molecule has 0 aliphatic carbocycles. The number of nitrogens with zero attached hydrogens (tertiary/aromatic N) is 1. The summed E-state index contributed by atoms with van der Waals surface area (Å²) >= 11 is 0. The van der Waals surface area contributed by atoms with Gasteiger partial charge in [0, 0.05) is 31.5 Å².